The molecule has 0 saturated heterocycles. The van der Waals surface area contributed by atoms with Crippen molar-refractivity contribution in [3.8, 4) is 0 Å². The molecular weight excluding hydrogens is 206 g/mol. The Hall–Kier alpha value is -1.06. The minimum atomic E-state index is 0.561. The van der Waals surface area contributed by atoms with Gasteiger partial charge < -0.3 is 9.73 Å². The van der Waals surface area contributed by atoms with Crippen LogP contribution in [-0.4, -0.2) is 6.54 Å². The van der Waals surface area contributed by atoms with Crippen LogP contribution in [0.4, 0.5) is 0 Å². The maximum absolute atomic E-state index is 5.25. The number of hydrogen-bond donors (Lipinski definition) is 1. The van der Waals surface area contributed by atoms with Crippen molar-refractivity contribution in [1.82, 2.24) is 5.32 Å². The van der Waals surface area contributed by atoms with E-state index in [0.717, 1.165) is 18.8 Å². The van der Waals surface area contributed by atoms with Crippen molar-refractivity contribution < 1.29 is 4.42 Å². The molecule has 2 nitrogen and oxygen atoms in total. The fraction of sp³-hybridized carbons (Fsp3) is 0.333. The molecule has 15 heavy (non-hydrogen) atoms. The summed E-state index contributed by atoms with van der Waals surface area (Å²) in [5.41, 5.74) is 1.41. The monoisotopic (exact) mass is 221 g/mol. The van der Waals surface area contributed by atoms with Gasteiger partial charge in [-0.3, -0.25) is 0 Å². The quantitative estimate of drug-likeness (QED) is 0.838. The Morgan fingerprint density at radius 2 is 2.40 bits per heavy atom. The fourth-order valence-electron chi connectivity index (χ4n) is 1.50. The Kier molecular flexibility index (Phi) is 3.59. The van der Waals surface area contributed by atoms with Crippen LogP contribution in [0.1, 0.15) is 24.2 Å². The van der Waals surface area contributed by atoms with Gasteiger partial charge in [0.2, 0.25) is 0 Å². The number of rotatable bonds is 5. The lowest BCUT2D eigenvalue weighted by molar-refractivity contribution is 0.476. The molecule has 2 heterocycles. The first-order chi connectivity index (χ1) is 7.36. The molecule has 0 bridgehead atoms. The SMILES string of the molecule is CC(CNCc1ccco1)c1ccsc1. The van der Waals surface area contributed by atoms with E-state index in [2.05, 4.69) is 29.1 Å². The highest BCUT2D eigenvalue weighted by Crippen LogP contribution is 2.17. The zero-order chi connectivity index (χ0) is 10.5. The Morgan fingerprint density at radius 1 is 1.47 bits per heavy atom. The van der Waals surface area contributed by atoms with Crippen LogP contribution in [-0.2, 0) is 6.54 Å². The number of furan rings is 1. The van der Waals surface area contributed by atoms with Gasteiger partial charge in [0.15, 0.2) is 0 Å². The van der Waals surface area contributed by atoms with Crippen molar-refractivity contribution in [1.29, 1.82) is 0 Å². The molecule has 1 atom stereocenters. The van der Waals surface area contributed by atoms with Gasteiger partial charge in [-0.25, -0.2) is 0 Å². The van der Waals surface area contributed by atoms with E-state index in [-0.39, 0.29) is 0 Å². The number of nitrogens with one attached hydrogen (secondary N) is 1. The molecule has 1 N–H and O–H groups in total. The molecular formula is C12H15NOS. The first-order valence-corrected chi connectivity index (χ1v) is 6.05. The van der Waals surface area contributed by atoms with E-state index in [9.17, 15) is 0 Å². The third-order valence-corrected chi connectivity index (χ3v) is 3.14. The van der Waals surface area contributed by atoms with Gasteiger partial charge in [0.25, 0.3) is 0 Å². The molecule has 0 fully saturated rings. The van der Waals surface area contributed by atoms with E-state index >= 15 is 0 Å². The molecule has 2 aromatic heterocycles. The van der Waals surface area contributed by atoms with E-state index in [4.69, 9.17) is 4.42 Å². The third kappa shape index (κ3) is 2.94. The van der Waals surface area contributed by atoms with Gasteiger partial charge in [-0.15, -0.1) is 0 Å². The summed E-state index contributed by atoms with van der Waals surface area (Å²) in [5.74, 6) is 1.55. The molecule has 2 aromatic rings. The lowest BCUT2D eigenvalue weighted by Crippen LogP contribution is -2.19. The summed E-state index contributed by atoms with van der Waals surface area (Å²) in [5, 5.41) is 7.72. The first kappa shape index (κ1) is 10.5. The molecule has 0 saturated carbocycles. The Bertz CT molecular complexity index is 366. The van der Waals surface area contributed by atoms with E-state index in [0.29, 0.717) is 5.92 Å². The number of thiophene rings is 1. The standard InChI is InChI=1S/C12H15NOS/c1-10(11-4-6-15-9-11)7-13-8-12-3-2-5-14-12/h2-6,9-10,13H,7-8H2,1H3. The van der Waals surface area contributed by atoms with Crippen molar-refractivity contribution >= 4 is 11.3 Å². The van der Waals surface area contributed by atoms with Crippen molar-refractivity contribution in [2.24, 2.45) is 0 Å². The second-order valence-corrected chi connectivity index (χ2v) is 4.45. The normalized spacial score (nSPS) is 12.9. The molecule has 0 aliphatic heterocycles. The molecule has 0 radical (unpaired) electrons. The average molecular weight is 221 g/mol. The van der Waals surface area contributed by atoms with Gasteiger partial charge in [-0.2, -0.15) is 11.3 Å². The van der Waals surface area contributed by atoms with E-state index in [1.165, 1.54) is 5.56 Å². The minimum Gasteiger partial charge on any atom is -0.468 e. The summed E-state index contributed by atoms with van der Waals surface area (Å²) in [6, 6.07) is 6.09. The van der Waals surface area contributed by atoms with Crippen LogP contribution in [0.15, 0.2) is 39.6 Å². The van der Waals surface area contributed by atoms with Crippen LogP contribution in [0.5, 0.6) is 0 Å². The molecule has 80 valence electrons. The summed E-state index contributed by atoms with van der Waals surface area (Å²) in [4.78, 5) is 0. The molecule has 2 rings (SSSR count). The average Bonchev–Trinajstić information content (AvgIpc) is 2.90. The summed E-state index contributed by atoms with van der Waals surface area (Å²) >= 11 is 1.75. The summed E-state index contributed by atoms with van der Waals surface area (Å²) in [7, 11) is 0. The maximum Gasteiger partial charge on any atom is 0.117 e. The highest BCUT2D eigenvalue weighted by atomic mass is 32.1. The summed E-state index contributed by atoms with van der Waals surface area (Å²) in [6.45, 7) is 4.02. The van der Waals surface area contributed by atoms with Crippen molar-refractivity contribution in [3.05, 3.63) is 46.5 Å². The summed E-state index contributed by atoms with van der Waals surface area (Å²) in [6.07, 6.45) is 1.71. The van der Waals surface area contributed by atoms with Gasteiger partial charge in [0.1, 0.15) is 5.76 Å². The zero-order valence-corrected chi connectivity index (χ0v) is 9.59. The van der Waals surface area contributed by atoms with Crippen LogP contribution in [0.25, 0.3) is 0 Å². The maximum atomic E-state index is 5.25. The van der Waals surface area contributed by atoms with Crippen LogP contribution in [0, 0.1) is 0 Å². The molecule has 0 aromatic carbocycles. The molecule has 1 unspecified atom stereocenters. The van der Waals surface area contributed by atoms with Crippen molar-refractivity contribution in [2.75, 3.05) is 6.54 Å². The van der Waals surface area contributed by atoms with E-state index < -0.39 is 0 Å². The molecule has 0 amide bonds. The first-order valence-electron chi connectivity index (χ1n) is 5.11. The van der Waals surface area contributed by atoms with Crippen LogP contribution in [0.3, 0.4) is 0 Å². The predicted molar refractivity (Wildman–Crippen MR) is 63.1 cm³/mol. The van der Waals surface area contributed by atoms with Gasteiger partial charge in [-0.1, -0.05) is 6.92 Å². The number of hydrogen-bond acceptors (Lipinski definition) is 3. The third-order valence-electron chi connectivity index (χ3n) is 2.44. The van der Waals surface area contributed by atoms with Crippen LogP contribution in [0.2, 0.25) is 0 Å². The van der Waals surface area contributed by atoms with Gasteiger partial charge in [0, 0.05) is 6.54 Å². The minimum absolute atomic E-state index is 0.561. The Morgan fingerprint density at radius 3 is 3.07 bits per heavy atom. The second kappa shape index (κ2) is 5.14. The highest BCUT2D eigenvalue weighted by molar-refractivity contribution is 7.07. The molecule has 3 heteroatoms. The molecule has 0 spiro atoms. The highest BCUT2D eigenvalue weighted by Gasteiger charge is 2.05. The van der Waals surface area contributed by atoms with Crippen molar-refractivity contribution in [3.63, 3.8) is 0 Å². The lowest BCUT2D eigenvalue weighted by atomic mass is 10.1. The topological polar surface area (TPSA) is 25.2 Å². The van der Waals surface area contributed by atoms with Crippen molar-refractivity contribution in [2.45, 2.75) is 19.4 Å². The largest absolute Gasteiger partial charge is 0.468 e. The summed E-state index contributed by atoms with van der Waals surface area (Å²) < 4.78 is 5.25. The second-order valence-electron chi connectivity index (χ2n) is 3.67. The molecule has 0 aliphatic carbocycles. The fourth-order valence-corrected chi connectivity index (χ4v) is 2.28. The van der Waals surface area contributed by atoms with Gasteiger partial charge >= 0.3 is 0 Å². The van der Waals surface area contributed by atoms with Crippen LogP contribution >= 0.6 is 11.3 Å². The Balaban J connectivity index is 1.74. The van der Waals surface area contributed by atoms with E-state index in [1.54, 1.807) is 17.6 Å². The van der Waals surface area contributed by atoms with Gasteiger partial charge in [-0.05, 0) is 40.4 Å². The zero-order valence-electron chi connectivity index (χ0n) is 8.77. The predicted octanol–water partition coefficient (Wildman–Crippen LogP) is 3.23. The lowest BCUT2D eigenvalue weighted by Gasteiger charge is -2.09. The Labute approximate surface area is 93.9 Å². The van der Waals surface area contributed by atoms with E-state index in [1.807, 2.05) is 12.1 Å². The smallest absolute Gasteiger partial charge is 0.117 e. The molecule has 0 aliphatic rings. The van der Waals surface area contributed by atoms with Gasteiger partial charge in [0.05, 0.1) is 12.8 Å². The van der Waals surface area contributed by atoms with Crippen LogP contribution < -0.4 is 5.32 Å².